The minimum atomic E-state index is 0.182. The summed E-state index contributed by atoms with van der Waals surface area (Å²) in [6.07, 6.45) is 14.3. The molecule has 0 bridgehead atoms. The van der Waals surface area contributed by atoms with Crippen LogP contribution in [0.1, 0.15) is 16.9 Å². The lowest BCUT2D eigenvalue weighted by atomic mass is 9.87. The maximum Gasteiger partial charge on any atom is 0.135 e. The van der Waals surface area contributed by atoms with Gasteiger partial charge < -0.3 is 20.4 Å². The monoisotopic (exact) mass is 369 g/mol. The normalized spacial score (nSPS) is 20.7. The third-order valence-corrected chi connectivity index (χ3v) is 5.57. The molecule has 140 valence electrons. The number of hydrogen-bond donors (Lipinski definition) is 3. The van der Waals surface area contributed by atoms with E-state index in [2.05, 4.69) is 71.2 Å². The highest BCUT2D eigenvalue weighted by molar-refractivity contribution is 5.92. The lowest BCUT2D eigenvalue weighted by Crippen LogP contribution is -2.47. The SMILES string of the molecule is C=C/C=C\c1c(C)oc2cc(C3=C4CNC5=C(NCC=C5)C4NC=C3)ccc12. The first-order valence-corrected chi connectivity index (χ1v) is 9.63. The first kappa shape index (κ1) is 16.8. The summed E-state index contributed by atoms with van der Waals surface area (Å²) in [5.74, 6) is 0.925. The summed E-state index contributed by atoms with van der Waals surface area (Å²) in [5, 5.41) is 11.7. The molecule has 0 saturated heterocycles. The molecule has 1 aromatic carbocycles. The standard InChI is InChI=1S/C24H23N3O/c1-3-4-6-17-15(2)28-22-13-16(8-9-19(17)22)18-10-12-26-23-20(18)14-27-21-7-5-11-25-24(21)23/h3-10,12-13,23,25-27H,1,11,14H2,2H3/b6-4-. The van der Waals surface area contributed by atoms with Crippen LogP contribution in [0.5, 0.6) is 0 Å². The Balaban J connectivity index is 1.60. The molecule has 2 aromatic rings. The van der Waals surface area contributed by atoms with Crippen LogP contribution in [0.2, 0.25) is 0 Å². The van der Waals surface area contributed by atoms with Crippen LogP contribution in [-0.4, -0.2) is 19.1 Å². The van der Waals surface area contributed by atoms with E-state index in [1.54, 1.807) is 6.08 Å². The Kier molecular flexibility index (Phi) is 3.97. The van der Waals surface area contributed by atoms with Crippen LogP contribution >= 0.6 is 0 Å². The lowest BCUT2D eigenvalue weighted by Gasteiger charge is -2.36. The van der Waals surface area contributed by atoms with Gasteiger partial charge in [0, 0.05) is 24.0 Å². The highest BCUT2D eigenvalue weighted by Crippen LogP contribution is 2.34. The summed E-state index contributed by atoms with van der Waals surface area (Å²) < 4.78 is 6.06. The fraction of sp³-hybridized carbons (Fsp3) is 0.167. The predicted octanol–water partition coefficient (Wildman–Crippen LogP) is 4.15. The van der Waals surface area contributed by atoms with Gasteiger partial charge in [-0.25, -0.2) is 0 Å². The van der Waals surface area contributed by atoms with Crippen LogP contribution in [0.25, 0.3) is 22.6 Å². The Hall–Kier alpha value is -3.40. The van der Waals surface area contributed by atoms with Gasteiger partial charge in [0.05, 0.1) is 17.4 Å². The molecule has 28 heavy (non-hydrogen) atoms. The molecule has 0 aliphatic carbocycles. The van der Waals surface area contributed by atoms with Crippen molar-refractivity contribution in [1.29, 1.82) is 0 Å². The number of allylic oxidation sites excluding steroid dienone is 5. The maximum absolute atomic E-state index is 6.06. The van der Waals surface area contributed by atoms with Gasteiger partial charge in [0.2, 0.25) is 0 Å². The van der Waals surface area contributed by atoms with E-state index in [-0.39, 0.29) is 6.04 Å². The molecule has 0 amide bonds. The van der Waals surface area contributed by atoms with Crippen LogP contribution in [0.15, 0.2) is 82.7 Å². The number of rotatable bonds is 3. The van der Waals surface area contributed by atoms with Crippen LogP contribution in [-0.2, 0) is 0 Å². The first-order valence-electron chi connectivity index (χ1n) is 9.63. The van der Waals surface area contributed by atoms with Crippen molar-refractivity contribution in [2.45, 2.75) is 13.0 Å². The molecule has 0 saturated carbocycles. The Labute approximate surface area is 164 Å². The average Bonchev–Trinajstić information content (AvgIpc) is 3.05. The van der Waals surface area contributed by atoms with Crippen molar-refractivity contribution in [3.8, 4) is 0 Å². The van der Waals surface area contributed by atoms with E-state index < -0.39 is 0 Å². The highest BCUT2D eigenvalue weighted by atomic mass is 16.3. The van der Waals surface area contributed by atoms with Gasteiger partial charge in [-0.2, -0.15) is 0 Å². The molecule has 5 rings (SSSR count). The van der Waals surface area contributed by atoms with Crippen LogP contribution in [0.3, 0.4) is 0 Å². The number of furan rings is 1. The van der Waals surface area contributed by atoms with Crippen molar-refractivity contribution in [1.82, 2.24) is 16.0 Å². The van der Waals surface area contributed by atoms with E-state index in [1.165, 1.54) is 28.1 Å². The van der Waals surface area contributed by atoms with E-state index in [1.807, 2.05) is 13.0 Å². The van der Waals surface area contributed by atoms with Crippen molar-refractivity contribution >= 4 is 22.6 Å². The Morgan fingerprint density at radius 3 is 3.04 bits per heavy atom. The predicted molar refractivity (Wildman–Crippen MR) is 115 cm³/mol. The highest BCUT2D eigenvalue weighted by Gasteiger charge is 2.30. The minimum absolute atomic E-state index is 0.182. The van der Waals surface area contributed by atoms with E-state index in [9.17, 15) is 0 Å². The molecule has 3 aliphatic heterocycles. The Morgan fingerprint density at radius 1 is 1.21 bits per heavy atom. The molecule has 0 radical (unpaired) electrons. The topological polar surface area (TPSA) is 49.2 Å². The minimum Gasteiger partial charge on any atom is -0.461 e. The van der Waals surface area contributed by atoms with E-state index >= 15 is 0 Å². The second-order valence-electron chi connectivity index (χ2n) is 7.21. The average molecular weight is 369 g/mol. The zero-order valence-electron chi connectivity index (χ0n) is 15.9. The Morgan fingerprint density at radius 2 is 2.14 bits per heavy atom. The number of fused-ring (bicyclic) bond motifs is 3. The zero-order chi connectivity index (χ0) is 19.1. The van der Waals surface area contributed by atoms with Gasteiger partial charge in [0.15, 0.2) is 0 Å². The van der Waals surface area contributed by atoms with Crippen LogP contribution in [0, 0.1) is 6.92 Å². The molecular weight excluding hydrogens is 346 g/mol. The number of dihydropyridines is 2. The summed E-state index contributed by atoms with van der Waals surface area (Å²) in [5.41, 5.74) is 8.20. The van der Waals surface area contributed by atoms with Crippen molar-refractivity contribution in [2.75, 3.05) is 13.1 Å². The summed E-state index contributed by atoms with van der Waals surface area (Å²) in [6.45, 7) is 7.45. The summed E-state index contributed by atoms with van der Waals surface area (Å²) in [6, 6.07) is 6.68. The van der Waals surface area contributed by atoms with Gasteiger partial charge in [-0.3, -0.25) is 0 Å². The fourth-order valence-electron chi connectivity index (χ4n) is 4.24. The molecule has 4 heterocycles. The van der Waals surface area contributed by atoms with E-state index in [4.69, 9.17) is 4.42 Å². The quantitative estimate of drug-likeness (QED) is 0.712. The zero-order valence-corrected chi connectivity index (χ0v) is 15.9. The molecular formula is C24H23N3O. The molecule has 1 atom stereocenters. The number of nitrogens with one attached hydrogen (secondary N) is 3. The molecule has 3 N–H and O–H groups in total. The second-order valence-corrected chi connectivity index (χ2v) is 7.21. The largest absolute Gasteiger partial charge is 0.461 e. The smallest absolute Gasteiger partial charge is 0.135 e. The lowest BCUT2D eigenvalue weighted by molar-refractivity contribution is 0.577. The summed E-state index contributed by atoms with van der Waals surface area (Å²) in [4.78, 5) is 0. The van der Waals surface area contributed by atoms with Crippen molar-refractivity contribution < 1.29 is 4.42 Å². The van der Waals surface area contributed by atoms with Gasteiger partial charge in [-0.05, 0) is 54.1 Å². The number of benzene rings is 1. The second kappa shape index (κ2) is 6.64. The maximum atomic E-state index is 6.06. The third kappa shape index (κ3) is 2.61. The van der Waals surface area contributed by atoms with Crippen LogP contribution < -0.4 is 16.0 Å². The van der Waals surface area contributed by atoms with Gasteiger partial charge in [0.1, 0.15) is 11.3 Å². The summed E-state index contributed by atoms with van der Waals surface area (Å²) >= 11 is 0. The molecule has 0 fully saturated rings. The van der Waals surface area contributed by atoms with Crippen molar-refractivity contribution in [3.05, 3.63) is 95.2 Å². The van der Waals surface area contributed by atoms with E-state index in [0.29, 0.717) is 0 Å². The molecule has 4 nitrogen and oxygen atoms in total. The van der Waals surface area contributed by atoms with Crippen LogP contribution in [0.4, 0.5) is 0 Å². The molecule has 4 heteroatoms. The van der Waals surface area contributed by atoms with Crippen molar-refractivity contribution in [3.63, 3.8) is 0 Å². The number of aryl methyl sites for hydroxylation is 1. The number of hydrogen-bond acceptors (Lipinski definition) is 4. The fourth-order valence-corrected chi connectivity index (χ4v) is 4.24. The first-order chi connectivity index (χ1) is 13.8. The molecule has 1 aromatic heterocycles. The molecule has 3 aliphatic rings. The van der Waals surface area contributed by atoms with Gasteiger partial charge >= 0.3 is 0 Å². The Bertz CT molecular complexity index is 1120. The van der Waals surface area contributed by atoms with Gasteiger partial charge in [0.25, 0.3) is 0 Å². The molecule has 0 spiro atoms. The van der Waals surface area contributed by atoms with Gasteiger partial charge in [-0.1, -0.05) is 36.9 Å². The van der Waals surface area contributed by atoms with Gasteiger partial charge in [-0.15, -0.1) is 0 Å². The van der Waals surface area contributed by atoms with E-state index in [0.717, 1.165) is 35.4 Å². The molecule has 1 unspecified atom stereocenters. The third-order valence-electron chi connectivity index (χ3n) is 5.57. The summed E-state index contributed by atoms with van der Waals surface area (Å²) in [7, 11) is 0. The van der Waals surface area contributed by atoms with Crippen molar-refractivity contribution in [2.24, 2.45) is 0 Å².